The molecule has 1 nitrogen and oxygen atoms in total. The minimum atomic E-state index is 0.685. The second-order valence-corrected chi connectivity index (χ2v) is 2.75. The van der Waals surface area contributed by atoms with Gasteiger partial charge in [-0.15, -0.1) is 6.58 Å². The quantitative estimate of drug-likeness (QED) is 0.618. The van der Waals surface area contributed by atoms with Crippen molar-refractivity contribution in [1.82, 2.24) is 0 Å². The van der Waals surface area contributed by atoms with Gasteiger partial charge in [-0.05, 0) is 17.5 Å². The third-order valence-electron chi connectivity index (χ3n) is 1.68. The maximum atomic E-state index is 5.04. The highest BCUT2D eigenvalue weighted by molar-refractivity contribution is 5.24. The van der Waals surface area contributed by atoms with Crippen molar-refractivity contribution in [2.75, 3.05) is 7.11 Å². The molecule has 12 heavy (non-hydrogen) atoms. The zero-order valence-electron chi connectivity index (χ0n) is 7.42. The molecule has 0 N–H and O–H groups in total. The Labute approximate surface area is 73.7 Å². The molecule has 1 aromatic carbocycles. The van der Waals surface area contributed by atoms with Gasteiger partial charge >= 0.3 is 0 Å². The summed E-state index contributed by atoms with van der Waals surface area (Å²) in [6, 6.07) is 8.36. The van der Waals surface area contributed by atoms with Crippen LogP contribution in [-0.2, 0) is 17.8 Å². The molecule has 0 aliphatic heterocycles. The first-order chi connectivity index (χ1) is 5.86. The van der Waals surface area contributed by atoms with Gasteiger partial charge < -0.3 is 4.74 Å². The van der Waals surface area contributed by atoms with Crippen LogP contribution in [0.1, 0.15) is 11.1 Å². The second kappa shape index (κ2) is 4.73. The van der Waals surface area contributed by atoms with Crippen molar-refractivity contribution in [2.24, 2.45) is 0 Å². The lowest BCUT2D eigenvalue weighted by atomic mass is 10.1. The molecule has 0 radical (unpaired) electrons. The molecule has 0 amide bonds. The van der Waals surface area contributed by atoms with Crippen LogP contribution >= 0.6 is 0 Å². The van der Waals surface area contributed by atoms with E-state index in [1.54, 1.807) is 7.11 Å². The van der Waals surface area contributed by atoms with Gasteiger partial charge in [-0.2, -0.15) is 0 Å². The van der Waals surface area contributed by atoms with Crippen LogP contribution in [0.2, 0.25) is 0 Å². The van der Waals surface area contributed by atoms with E-state index in [-0.39, 0.29) is 0 Å². The lowest BCUT2D eigenvalue weighted by Gasteiger charge is -2.01. The van der Waals surface area contributed by atoms with Crippen molar-refractivity contribution in [1.29, 1.82) is 0 Å². The fraction of sp³-hybridized carbons (Fsp3) is 0.273. The Morgan fingerprint density at radius 1 is 1.42 bits per heavy atom. The Balaban J connectivity index is 2.73. The van der Waals surface area contributed by atoms with E-state index >= 15 is 0 Å². The van der Waals surface area contributed by atoms with E-state index in [4.69, 9.17) is 4.74 Å². The highest BCUT2D eigenvalue weighted by Crippen LogP contribution is 2.06. The third kappa shape index (κ3) is 2.51. The molecule has 1 rings (SSSR count). The fourth-order valence-corrected chi connectivity index (χ4v) is 1.18. The van der Waals surface area contributed by atoms with Crippen molar-refractivity contribution in [3.05, 3.63) is 48.0 Å². The summed E-state index contributed by atoms with van der Waals surface area (Å²) in [5.41, 5.74) is 2.51. The van der Waals surface area contributed by atoms with E-state index in [9.17, 15) is 0 Å². The first kappa shape index (κ1) is 9.01. The Morgan fingerprint density at radius 2 is 2.17 bits per heavy atom. The monoisotopic (exact) mass is 162 g/mol. The average Bonchev–Trinajstić information content (AvgIpc) is 2.06. The number of methoxy groups -OCH3 is 1. The average molecular weight is 162 g/mol. The molecule has 0 aromatic heterocycles. The van der Waals surface area contributed by atoms with Gasteiger partial charge in [-0.3, -0.25) is 0 Å². The largest absolute Gasteiger partial charge is 0.380 e. The molecule has 0 fully saturated rings. The lowest BCUT2D eigenvalue weighted by Crippen LogP contribution is -1.89. The highest BCUT2D eigenvalue weighted by Gasteiger charge is 1.92. The first-order valence-electron chi connectivity index (χ1n) is 4.04. The number of hydrogen-bond donors (Lipinski definition) is 0. The summed E-state index contributed by atoms with van der Waals surface area (Å²) in [7, 11) is 1.71. The molecule has 0 aliphatic carbocycles. The third-order valence-corrected chi connectivity index (χ3v) is 1.68. The normalized spacial score (nSPS) is 9.75. The summed E-state index contributed by atoms with van der Waals surface area (Å²) in [5.74, 6) is 0. The van der Waals surface area contributed by atoms with Crippen molar-refractivity contribution in [3.8, 4) is 0 Å². The molecule has 0 saturated heterocycles. The van der Waals surface area contributed by atoms with Crippen molar-refractivity contribution >= 4 is 0 Å². The highest BCUT2D eigenvalue weighted by atomic mass is 16.5. The van der Waals surface area contributed by atoms with Gasteiger partial charge in [0.2, 0.25) is 0 Å². The smallest absolute Gasteiger partial charge is 0.0713 e. The minimum Gasteiger partial charge on any atom is -0.380 e. The summed E-state index contributed by atoms with van der Waals surface area (Å²) in [6.45, 7) is 4.39. The van der Waals surface area contributed by atoms with E-state index < -0.39 is 0 Å². The Kier molecular flexibility index (Phi) is 3.55. The van der Waals surface area contributed by atoms with Crippen molar-refractivity contribution in [3.63, 3.8) is 0 Å². The maximum Gasteiger partial charge on any atom is 0.0713 e. The first-order valence-corrected chi connectivity index (χ1v) is 4.04. The van der Waals surface area contributed by atoms with Gasteiger partial charge in [0.1, 0.15) is 0 Å². The SMILES string of the molecule is C=CCc1cccc(COC)c1. The van der Waals surface area contributed by atoms with Crippen LogP contribution in [0.5, 0.6) is 0 Å². The number of rotatable bonds is 4. The van der Waals surface area contributed by atoms with Crippen LogP contribution in [0.15, 0.2) is 36.9 Å². The minimum absolute atomic E-state index is 0.685. The van der Waals surface area contributed by atoms with Crippen LogP contribution in [0.3, 0.4) is 0 Å². The molecule has 0 bridgehead atoms. The lowest BCUT2D eigenvalue weighted by molar-refractivity contribution is 0.185. The molecule has 0 aliphatic rings. The molecule has 0 spiro atoms. The van der Waals surface area contributed by atoms with E-state index in [1.807, 2.05) is 12.1 Å². The van der Waals surface area contributed by atoms with Crippen LogP contribution in [0, 0.1) is 0 Å². The number of benzene rings is 1. The van der Waals surface area contributed by atoms with Crippen LogP contribution in [0.4, 0.5) is 0 Å². The summed E-state index contributed by atoms with van der Waals surface area (Å²) in [5, 5.41) is 0. The van der Waals surface area contributed by atoms with E-state index in [0.29, 0.717) is 6.61 Å². The topological polar surface area (TPSA) is 9.23 Å². The van der Waals surface area contributed by atoms with Gasteiger partial charge in [0.25, 0.3) is 0 Å². The Bertz CT molecular complexity index is 253. The fourth-order valence-electron chi connectivity index (χ4n) is 1.18. The zero-order valence-corrected chi connectivity index (χ0v) is 7.42. The van der Waals surface area contributed by atoms with Gasteiger partial charge in [0.05, 0.1) is 6.61 Å². The predicted molar refractivity (Wildman–Crippen MR) is 51.1 cm³/mol. The molecule has 0 heterocycles. The van der Waals surface area contributed by atoms with Gasteiger partial charge in [-0.1, -0.05) is 30.3 Å². The number of allylic oxidation sites excluding steroid dienone is 1. The molecular formula is C11H14O. The maximum absolute atomic E-state index is 5.04. The molecule has 64 valence electrons. The van der Waals surface area contributed by atoms with Crippen LogP contribution < -0.4 is 0 Å². The molecule has 0 saturated carbocycles. The number of hydrogen-bond acceptors (Lipinski definition) is 1. The molecular weight excluding hydrogens is 148 g/mol. The standard InChI is InChI=1S/C11H14O/c1-3-5-10-6-4-7-11(8-10)9-12-2/h3-4,6-8H,1,5,9H2,2H3. The summed E-state index contributed by atoms with van der Waals surface area (Å²) < 4.78 is 5.04. The molecule has 0 unspecified atom stereocenters. The summed E-state index contributed by atoms with van der Waals surface area (Å²) >= 11 is 0. The predicted octanol–water partition coefficient (Wildman–Crippen LogP) is 2.56. The Hall–Kier alpha value is -1.08. The van der Waals surface area contributed by atoms with E-state index in [1.165, 1.54) is 11.1 Å². The van der Waals surface area contributed by atoms with Gasteiger partial charge in [0, 0.05) is 7.11 Å². The van der Waals surface area contributed by atoms with Crippen LogP contribution in [0.25, 0.3) is 0 Å². The van der Waals surface area contributed by atoms with E-state index in [2.05, 4.69) is 24.8 Å². The van der Waals surface area contributed by atoms with Gasteiger partial charge in [-0.25, -0.2) is 0 Å². The summed E-state index contributed by atoms with van der Waals surface area (Å²) in [4.78, 5) is 0. The van der Waals surface area contributed by atoms with E-state index in [0.717, 1.165) is 6.42 Å². The summed E-state index contributed by atoms with van der Waals surface area (Å²) in [6.07, 6.45) is 2.84. The molecule has 0 atom stereocenters. The van der Waals surface area contributed by atoms with Crippen molar-refractivity contribution < 1.29 is 4.74 Å². The van der Waals surface area contributed by atoms with Gasteiger partial charge in [0.15, 0.2) is 0 Å². The van der Waals surface area contributed by atoms with Crippen LogP contribution in [-0.4, -0.2) is 7.11 Å². The number of ether oxygens (including phenoxy) is 1. The Morgan fingerprint density at radius 3 is 2.83 bits per heavy atom. The molecule has 1 heteroatoms. The van der Waals surface area contributed by atoms with Crippen molar-refractivity contribution in [2.45, 2.75) is 13.0 Å². The second-order valence-electron chi connectivity index (χ2n) is 2.75. The molecule has 1 aromatic rings. The zero-order chi connectivity index (χ0) is 8.81.